The molecule has 1 saturated heterocycles. The Morgan fingerprint density at radius 2 is 2.03 bits per heavy atom. The third kappa shape index (κ3) is 5.10. The zero-order valence-electron chi connectivity index (χ0n) is 16.0. The Bertz CT molecular complexity index is 886. The van der Waals surface area contributed by atoms with Gasteiger partial charge in [-0.1, -0.05) is 42.5 Å². The number of rotatable bonds is 8. The van der Waals surface area contributed by atoms with Gasteiger partial charge in [-0.2, -0.15) is 0 Å². The molecule has 0 N–H and O–H groups in total. The van der Waals surface area contributed by atoms with Crippen molar-refractivity contribution >= 4 is 12.0 Å². The third-order valence-corrected chi connectivity index (χ3v) is 4.90. The zero-order chi connectivity index (χ0) is 20.8. The molecular formula is C21H22N2O6. The van der Waals surface area contributed by atoms with Crippen LogP contribution in [0.3, 0.4) is 0 Å². The standard InChI is InChI=1S/C21H22N2O6/c1-28-19-9-5-8-16(11-19)17(13-22(26)27)12-20(24)23-18(14-29-21(23)25)10-15-6-3-2-4-7-15/h2-9,11,17-18H,10,12-14H2,1H3/t17?,18-/m0/s1. The molecule has 0 spiro atoms. The molecule has 3 rings (SSSR count). The molecule has 2 amide bonds. The minimum atomic E-state index is -0.707. The Morgan fingerprint density at radius 3 is 2.72 bits per heavy atom. The number of methoxy groups -OCH3 is 1. The fourth-order valence-corrected chi connectivity index (χ4v) is 3.47. The average Bonchev–Trinajstić information content (AvgIpc) is 3.08. The van der Waals surface area contributed by atoms with Crippen molar-refractivity contribution < 1.29 is 24.0 Å². The maximum absolute atomic E-state index is 12.9. The van der Waals surface area contributed by atoms with Gasteiger partial charge in [-0.05, 0) is 29.7 Å². The molecule has 1 aliphatic heterocycles. The van der Waals surface area contributed by atoms with Crippen molar-refractivity contribution in [2.24, 2.45) is 0 Å². The van der Waals surface area contributed by atoms with E-state index in [-0.39, 0.29) is 13.0 Å². The Hall–Kier alpha value is -3.42. The number of carbonyl (C=O) groups excluding carboxylic acids is 2. The Morgan fingerprint density at radius 1 is 1.28 bits per heavy atom. The van der Waals surface area contributed by atoms with Crippen molar-refractivity contribution in [1.82, 2.24) is 4.90 Å². The van der Waals surface area contributed by atoms with E-state index >= 15 is 0 Å². The van der Waals surface area contributed by atoms with E-state index in [9.17, 15) is 19.7 Å². The number of hydrogen-bond donors (Lipinski definition) is 0. The normalized spacial score (nSPS) is 16.9. The first kappa shape index (κ1) is 20.3. The van der Waals surface area contributed by atoms with Crippen LogP contribution >= 0.6 is 0 Å². The fourth-order valence-electron chi connectivity index (χ4n) is 3.47. The summed E-state index contributed by atoms with van der Waals surface area (Å²) in [4.78, 5) is 36.9. The molecule has 8 nitrogen and oxygen atoms in total. The summed E-state index contributed by atoms with van der Waals surface area (Å²) < 4.78 is 10.3. The van der Waals surface area contributed by atoms with Crippen LogP contribution in [-0.4, -0.2) is 48.1 Å². The molecule has 0 saturated carbocycles. The first-order valence-electron chi connectivity index (χ1n) is 9.26. The Labute approximate surface area is 168 Å². The summed E-state index contributed by atoms with van der Waals surface area (Å²) in [6.07, 6.45) is -0.409. The second-order valence-corrected chi connectivity index (χ2v) is 6.88. The van der Waals surface area contributed by atoms with E-state index in [4.69, 9.17) is 9.47 Å². The van der Waals surface area contributed by atoms with Gasteiger partial charge in [0.1, 0.15) is 12.4 Å². The lowest BCUT2D eigenvalue weighted by atomic mass is 9.94. The maximum Gasteiger partial charge on any atom is 0.416 e. The SMILES string of the molecule is COc1cccc(C(CC(=O)N2C(=O)OC[C@@H]2Cc2ccccc2)C[N+](=O)[O-])c1. The van der Waals surface area contributed by atoms with Gasteiger partial charge >= 0.3 is 6.09 Å². The van der Waals surface area contributed by atoms with E-state index in [1.54, 1.807) is 24.3 Å². The molecule has 0 radical (unpaired) electrons. The Balaban J connectivity index is 1.78. The second kappa shape index (κ2) is 9.18. The third-order valence-electron chi connectivity index (χ3n) is 4.90. The highest BCUT2D eigenvalue weighted by molar-refractivity contribution is 5.94. The molecule has 2 aromatic rings. The first-order valence-corrected chi connectivity index (χ1v) is 9.26. The monoisotopic (exact) mass is 398 g/mol. The van der Waals surface area contributed by atoms with E-state index in [0.717, 1.165) is 10.5 Å². The molecule has 1 unspecified atom stereocenters. The molecule has 2 aromatic carbocycles. The van der Waals surface area contributed by atoms with Crippen molar-refractivity contribution in [2.45, 2.75) is 24.8 Å². The van der Waals surface area contributed by atoms with Crippen molar-refractivity contribution in [1.29, 1.82) is 0 Å². The van der Waals surface area contributed by atoms with Crippen LogP contribution in [0.25, 0.3) is 0 Å². The van der Waals surface area contributed by atoms with Gasteiger partial charge in [-0.15, -0.1) is 0 Å². The van der Waals surface area contributed by atoms with Gasteiger partial charge in [0.25, 0.3) is 0 Å². The molecule has 1 heterocycles. The molecule has 2 atom stereocenters. The number of cyclic esters (lactones) is 1. The van der Waals surface area contributed by atoms with E-state index in [1.807, 2.05) is 30.3 Å². The summed E-state index contributed by atoms with van der Waals surface area (Å²) in [5.74, 6) is -0.618. The number of imide groups is 1. The van der Waals surface area contributed by atoms with Crippen molar-refractivity contribution in [3.05, 3.63) is 75.8 Å². The number of benzene rings is 2. The number of carbonyl (C=O) groups is 2. The van der Waals surface area contributed by atoms with Crippen molar-refractivity contribution in [3.8, 4) is 5.75 Å². The van der Waals surface area contributed by atoms with Crippen molar-refractivity contribution in [2.75, 3.05) is 20.3 Å². The lowest BCUT2D eigenvalue weighted by Crippen LogP contribution is -2.41. The quantitative estimate of drug-likeness (QED) is 0.501. The van der Waals surface area contributed by atoms with Crippen LogP contribution in [0.15, 0.2) is 54.6 Å². The Kier molecular flexibility index (Phi) is 6.43. The van der Waals surface area contributed by atoms with Crippen LogP contribution in [0.5, 0.6) is 5.75 Å². The van der Waals surface area contributed by atoms with Gasteiger partial charge in [0.15, 0.2) is 0 Å². The van der Waals surface area contributed by atoms with E-state index in [2.05, 4.69) is 0 Å². The lowest BCUT2D eigenvalue weighted by molar-refractivity contribution is -0.483. The van der Waals surface area contributed by atoms with Gasteiger partial charge in [-0.25, -0.2) is 9.69 Å². The molecule has 0 aliphatic carbocycles. The van der Waals surface area contributed by atoms with E-state index < -0.39 is 35.4 Å². The molecule has 152 valence electrons. The summed E-state index contributed by atoms with van der Waals surface area (Å²) in [5.41, 5.74) is 1.59. The highest BCUT2D eigenvalue weighted by atomic mass is 16.6. The van der Waals surface area contributed by atoms with E-state index in [1.165, 1.54) is 7.11 Å². The molecule has 29 heavy (non-hydrogen) atoms. The minimum Gasteiger partial charge on any atom is -0.497 e. The first-order chi connectivity index (χ1) is 14.0. The summed E-state index contributed by atoms with van der Waals surface area (Å²) >= 11 is 0. The molecular weight excluding hydrogens is 376 g/mol. The van der Waals surface area contributed by atoms with Crippen LogP contribution in [0.2, 0.25) is 0 Å². The smallest absolute Gasteiger partial charge is 0.416 e. The fraction of sp³-hybridized carbons (Fsp3) is 0.333. The average molecular weight is 398 g/mol. The van der Waals surface area contributed by atoms with Gasteiger partial charge in [0, 0.05) is 11.3 Å². The number of nitro groups is 1. The van der Waals surface area contributed by atoms with Gasteiger partial charge in [-0.3, -0.25) is 14.9 Å². The molecule has 0 aromatic heterocycles. The van der Waals surface area contributed by atoms with Crippen LogP contribution in [0.4, 0.5) is 4.79 Å². The predicted octanol–water partition coefficient (Wildman–Crippen LogP) is 3.04. The van der Waals surface area contributed by atoms with Gasteiger partial charge < -0.3 is 9.47 Å². The minimum absolute atomic E-state index is 0.110. The van der Waals surface area contributed by atoms with Crippen LogP contribution < -0.4 is 4.74 Å². The molecule has 1 aliphatic rings. The number of ether oxygens (including phenoxy) is 2. The second-order valence-electron chi connectivity index (χ2n) is 6.88. The highest BCUT2D eigenvalue weighted by Crippen LogP contribution is 2.27. The molecule has 1 fully saturated rings. The van der Waals surface area contributed by atoms with Crippen LogP contribution in [0.1, 0.15) is 23.5 Å². The largest absolute Gasteiger partial charge is 0.497 e. The molecule has 8 heteroatoms. The van der Waals surface area contributed by atoms with E-state index in [0.29, 0.717) is 17.7 Å². The van der Waals surface area contributed by atoms with Gasteiger partial charge in [0.2, 0.25) is 12.5 Å². The lowest BCUT2D eigenvalue weighted by Gasteiger charge is -2.22. The van der Waals surface area contributed by atoms with Crippen LogP contribution in [-0.2, 0) is 16.0 Å². The maximum atomic E-state index is 12.9. The van der Waals surface area contributed by atoms with Crippen molar-refractivity contribution in [3.63, 3.8) is 0 Å². The number of amides is 2. The number of hydrogen-bond acceptors (Lipinski definition) is 6. The summed E-state index contributed by atoms with van der Waals surface area (Å²) in [6.45, 7) is -0.316. The predicted molar refractivity (Wildman–Crippen MR) is 104 cm³/mol. The van der Waals surface area contributed by atoms with Crippen LogP contribution in [0, 0.1) is 10.1 Å². The zero-order valence-corrected chi connectivity index (χ0v) is 16.0. The van der Waals surface area contributed by atoms with Gasteiger partial charge in [0.05, 0.1) is 19.1 Å². The summed E-state index contributed by atoms with van der Waals surface area (Å²) in [6, 6.07) is 15.9. The summed E-state index contributed by atoms with van der Waals surface area (Å²) in [7, 11) is 1.50. The topological polar surface area (TPSA) is 99.0 Å². The molecule has 0 bridgehead atoms. The highest BCUT2D eigenvalue weighted by Gasteiger charge is 2.39. The number of nitrogens with zero attached hydrogens (tertiary/aromatic N) is 2. The summed E-state index contributed by atoms with van der Waals surface area (Å²) in [5, 5.41) is 11.2.